The topological polar surface area (TPSA) is 57.4 Å². The Bertz CT molecular complexity index is 2180. The first kappa shape index (κ1) is 30.4. The summed E-state index contributed by atoms with van der Waals surface area (Å²) in [5, 5.41) is 0. The van der Waals surface area contributed by atoms with Crippen molar-refractivity contribution in [2.75, 3.05) is 0 Å². The van der Waals surface area contributed by atoms with Gasteiger partial charge >= 0.3 is 19.5 Å². The third-order valence-corrected chi connectivity index (χ3v) is 9.00. The number of hydrogen-bond donors (Lipinski definition) is 2. The van der Waals surface area contributed by atoms with Gasteiger partial charge in [-0.1, -0.05) is 121 Å². The maximum Gasteiger partial charge on any atom is 3.00 e. The zero-order valence-corrected chi connectivity index (χ0v) is 28.2. The molecule has 0 unspecified atom stereocenters. The second-order valence-corrected chi connectivity index (χ2v) is 12.0. The number of H-pyrrole nitrogens is 2. The number of nitrogens with one attached hydrogen (secondary N) is 2. The maximum atomic E-state index is 5.35. The first-order chi connectivity index (χ1) is 23.8. The molecule has 2 aliphatic rings. The summed E-state index contributed by atoms with van der Waals surface area (Å²) in [7, 11) is 0. The molecular formula is C44H30N4Ru+3. The van der Waals surface area contributed by atoms with Gasteiger partial charge in [-0.3, -0.25) is 0 Å². The van der Waals surface area contributed by atoms with Crippen LogP contribution >= 0.6 is 0 Å². The van der Waals surface area contributed by atoms with E-state index in [0.717, 1.165) is 89.4 Å². The summed E-state index contributed by atoms with van der Waals surface area (Å²) in [5.41, 5.74) is 16.2. The van der Waals surface area contributed by atoms with Crippen molar-refractivity contribution in [3.8, 4) is 44.5 Å². The van der Waals surface area contributed by atoms with Crippen molar-refractivity contribution in [1.29, 1.82) is 0 Å². The minimum atomic E-state index is 0. The van der Waals surface area contributed by atoms with Crippen molar-refractivity contribution in [2.24, 2.45) is 0 Å². The Morgan fingerprint density at radius 2 is 0.510 bits per heavy atom. The molecule has 0 atom stereocenters. The zero-order valence-electron chi connectivity index (χ0n) is 26.4. The molecule has 3 aromatic heterocycles. The predicted molar refractivity (Wildman–Crippen MR) is 201 cm³/mol. The molecule has 0 saturated carbocycles. The van der Waals surface area contributed by atoms with Gasteiger partial charge in [0.05, 0.1) is 22.8 Å². The average Bonchev–Trinajstić information content (AvgIpc) is 3.98. The number of fused-ring (bicyclic) bond motifs is 8. The van der Waals surface area contributed by atoms with Gasteiger partial charge in [0.25, 0.3) is 0 Å². The van der Waals surface area contributed by atoms with Crippen LogP contribution in [0, 0.1) is 0 Å². The summed E-state index contributed by atoms with van der Waals surface area (Å²) in [6, 6.07) is 50.7. The molecule has 2 N–H and O–H groups in total. The normalized spacial score (nSPS) is 11.8. The van der Waals surface area contributed by atoms with E-state index in [1.54, 1.807) is 0 Å². The molecule has 0 spiro atoms. The van der Waals surface area contributed by atoms with Gasteiger partial charge in [-0.15, -0.1) is 0 Å². The van der Waals surface area contributed by atoms with Gasteiger partial charge in [0.2, 0.25) is 0 Å². The number of aromatic amines is 2. The minimum absolute atomic E-state index is 0. The molecule has 231 valence electrons. The van der Waals surface area contributed by atoms with E-state index in [0.29, 0.717) is 0 Å². The minimum Gasteiger partial charge on any atom is -0.354 e. The smallest absolute Gasteiger partial charge is 0.354 e. The van der Waals surface area contributed by atoms with Gasteiger partial charge in [-0.05, 0) is 70.8 Å². The first-order valence-electron chi connectivity index (χ1n) is 16.2. The van der Waals surface area contributed by atoms with Crippen LogP contribution in [0.2, 0.25) is 0 Å². The van der Waals surface area contributed by atoms with Crippen molar-refractivity contribution >= 4 is 46.4 Å². The summed E-state index contributed by atoms with van der Waals surface area (Å²) in [6.45, 7) is 0. The molecule has 5 heterocycles. The summed E-state index contributed by atoms with van der Waals surface area (Å²) >= 11 is 0. The third-order valence-electron chi connectivity index (χ3n) is 9.00. The molecule has 4 aromatic carbocycles. The van der Waals surface area contributed by atoms with E-state index in [1.165, 1.54) is 0 Å². The van der Waals surface area contributed by atoms with E-state index in [-0.39, 0.29) is 19.5 Å². The number of rotatable bonds is 4. The molecule has 7 aromatic rings. The number of hydrogen-bond acceptors (Lipinski definition) is 2. The average molecular weight is 716 g/mol. The Balaban J connectivity index is 0.00000348. The van der Waals surface area contributed by atoms with E-state index in [1.807, 2.05) is 24.3 Å². The molecule has 9 rings (SSSR count). The molecule has 49 heavy (non-hydrogen) atoms. The molecule has 5 heteroatoms. The molecule has 0 amide bonds. The number of aromatic nitrogens is 4. The summed E-state index contributed by atoms with van der Waals surface area (Å²) < 4.78 is 0. The van der Waals surface area contributed by atoms with Crippen molar-refractivity contribution in [2.45, 2.75) is 0 Å². The fraction of sp³-hybridized carbons (Fsp3) is 0. The van der Waals surface area contributed by atoms with Crippen molar-refractivity contribution in [1.82, 2.24) is 19.9 Å². The van der Waals surface area contributed by atoms with Crippen molar-refractivity contribution in [3.63, 3.8) is 0 Å². The molecular weight excluding hydrogens is 686 g/mol. The maximum absolute atomic E-state index is 5.35. The van der Waals surface area contributed by atoms with Gasteiger partial charge in [-0.25, -0.2) is 9.97 Å². The van der Waals surface area contributed by atoms with Crippen LogP contribution in [0.25, 0.3) is 90.9 Å². The molecule has 1 radical (unpaired) electrons. The second kappa shape index (κ2) is 13.0. The SMILES string of the molecule is C1=Cc2nc1c(-c1ccccc1)c1ccc([nH]1)c(-c1ccccc1)c1nc(c(-c3ccccc3)c3ccc([nH]3)c2-c2ccccc2)C=C1.[Ru+3]. The number of nitrogens with zero attached hydrogens (tertiary/aromatic N) is 2. The van der Waals surface area contributed by atoms with Gasteiger partial charge in [0, 0.05) is 44.3 Å². The molecule has 0 saturated heterocycles. The van der Waals surface area contributed by atoms with Gasteiger partial charge in [-0.2, -0.15) is 0 Å². The quantitative estimate of drug-likeness (QED) is 0.178. The Labute approximate surface area is 297 Å². The van der Waals surface area contributed by atoms with E-state index in [4.69, 9.17) is 9.97 Å². The Hall–Kier alpha value is -5.90. The number of benzene rings is 4. The Morgan fingerprint density at radius 3 is 0.735 bits per heavy atom. The van der Waals surface area contributed by atoms with E-state index in [9.17, 15) is 0 Å². The van der Waals surface area contributed by atoms with Crippen LogP contribution < -0.4 is 0 Å². The van der Waals surface area contributed by atoms with E-state index < -0.39 is 0 Å². The van der Waals surface area contributed by atoms with Gasteiger partial charge in [0.1, 0.15) is 0 Å². The monoisotopic (exact) mass is 716 g/mol. The second-order valence-electron chi connectivity index (χ2n) is 12.0. The Kier molecular flexibility index (Phi) is 8.05. The van der Waals surface area contributed by atoms with Crippen LogP contribution in [0.4, 0.5) is 0 Å². The summed E-state index contributed by atoms with van der Waals surface area (Å²) in [4.78, 5) is 18.3. The fourth-order valence-corrected chi connectivity index (χ4v) is 6.84. The van der Waals surface area contributed by atoms with Crippen LogP contribution in [-0.2, 0) is 19.5 Å². The fourth-order valence-electron chi connectivity index (χ4n) is 6.84. The van der Waals surface area contributed by atoms with Crippen molar-refractivity contribution in [3.05, 3.63) is 168 Å². The molecule has 2 aliphatic heterocycles. The largest absolute Gasteiger partial charge is 3.00 e. The first-order valence-corrected chi connectivity index (χ1v) is 16.2. The Morgan fingerprint density at radius 1 is 0.286 bits per heavy atom. The molecule has 8 bridgehead atoms. The zero-order chi connectivity index (χ0) is 31.9. The van der Waals surface area contributed by atoms with Crippen LogP contribution in [-0.4, -0.2) is 19.9 Å². The van der Waals surface area contributed by atoms with Gasteiger partial charge in [0.15, 0.2) is 0 Å². The predicted octanol–water partition coefficient (Wildman–Crippen LogP) is 11.3. The van der Waals surface area contributed by atoms with E-state index in [2.05, 4.69) is 156 Å². The van der Waals surface area contributed by atoms with Crippen LogP contribution in [0.15, 0.2) is 146 Å². The standard InChI is InChI=1S/C44H30N4.Ru/c1-5-13-29(14-6-1)41-33-21-23-35(45-33)42(30-15-7-2-8-16-30)37-25-27-39(47-37)44(32-19-11-4-12-20-32)40-28-26-38(48-40)43(31-17-9-3-10-18-31)36-24-22-34(41)46-36;/h1-28,45,48H;/q;+3. The van der Waals surface area contributed by atoms with Gasteiger partial charge < -0.3 is 9.97 Å². The van der Waals surface area contributed by atoms with Crippen LogP contribution in [0.1, 0.15) is 22.8 Å². The molecule has 0 aliphatic carbocycles. The van der Waals surface area contributed by atoms with Crippen LogP contribution in [0.3, 0.4) is 0 Å². The van der Waals surface area contributed by atoms with E-state index >= 15 is 0 Å². The molecule has 0 fully saturated rings. The summed E-state index contributed by atoms with van der Waals surface area (Å²) in [6.07, 6.45) is 8.54. The summed E-state index contributed by atoms with van der Waals surface area (Å²) in [5.74, 6) is 0. The van der Waals surface area contributed by atoms with Crippen molar-refractivity contribution < 1.29 is 19.5 Å². The van der Waals surface area contributed by atoms with Crippen LogP contribution in [0.5, 0.6) is 0 Å². The third kappa shape index (κ3) is 5.59. The molecule has 4 nitrogen and oxygen atoms in total.